The van der Waals surface area contributed by atoms with Crippen LogP contribution in [0.2, 0.25) is 5.02 Å². The average Bonchev–Trinajstić information content (AvgIpc) is 2.31. The van der Waals surface area contributed by atoms with Crippen molar-refractivity contribution in [3.05, 3.63) is 41.6 Å². The molecule has 2 aromatic rings. The molecule has 0 saturated carbocycles. The monoisotopic (exact) mass is 248 g/mol. The number of para-hydroxylation sites is 1. The van der Waals surface area contributed by atoms with E-state index in [1.165, 1.54) is 10.6 Å². The van der Waals surface area contributed by atoms with Crippen LogP contribution in [0.25, 0.3) is 0 Å². The maximum Gasteiger partial charge on any atom is 0.148 e. The molecule has 0 radical (unpaired) electrons. The van der Waals surface area contributed by atoms with Gasteiger partial charge in [0.1, 0.15) is 5.82 Å². The van der Waals surface area contributed by atoms with Gasteiger partial charge in [-0.05, 0) is 18.2 Å². The Morgan fingerprint density at radius 3 is 2.94 bits per heavy atom. The topological polar surface area (TPSA) is 16.1 Å². The maximum atomic E-state index is 6.19. The largest absolute Gasteiger partial charge is 0.327 e. The summed E-state index contributed by atoms with van der Waals surface area (Å²) < 4.78 is 0. The van der Waals surface area contributed by atoms with Crippen LogP contribution in [0, 0.1) is 0 Å². The van der Waals surface area contributed by atoms with Crippen LogP contribution in [0.4, 0.5) is 11.5 Å². The third kappa shape index (κ3) is 1.39. The number of rotatable bonds is 0. The number of aromatic nitrogens is 1. The van der Waals surface area contributed by atoms with Crippen LogP contribution >= 0.6 is 23.4 Å². The molecule has 80 valence electrons. The van der Waals surface area contributed by atoms with Crippen LogP contribution in [0.3, 0.4) is 0 Å². The first-order valence-electron chi connectivity index (χ1n) is 4.92. The number of hydrogen-bond acceptors (Lipinski definition) is 3. The molecule has 0 aliphatic carbocycles. The summed E-state index contributed by atoms with van der Waals surface area (Å²) in [5.41, 5.74) is 1.18. The van der Waals surface area contributed by atoms with E-state index in [4.69, 9.17) is 11.6 Å². The molecule has 0 atom stereocenters. The lowest BCUT2D eigenvalue weighted by atomic mass is 10.3. The molecule has 0 saturated heterocycles. The Hall–Kier alpha value is -1.19. The summed E-state index contributed by atoms with van der Waals surface area (Å²) in [6, 6.07) is 10.1. The molecular weight excluding hydrogens is 240 g/mol. The van der Waals surface area contributed by atoms with Crippen molar-refractivity contribution in [1.29, 1.82) is 0 Å². The quantitative estimate of drug-likeness (QED) is 0.702. The van der Waals surface area contributed by atoms with Crippen molar-refractivity contribution in [2.45, 2.75) is 9.79 Å². The summed E-state index contributed by atoms with van der Waals surface area (Å²) in [5.74, 6) is 0.927. The van der Waals surface area contributed by atoms with Crippen molar-refractivity contribution in [3.63, 3.8) is 0 Å². The molecule has 0 amide bonds. The van der Waals surface area contributed by atoms with Gasteiger partial charge in [0.2, 0.25) is 0 Å². The van der Waals surface area contributed by atoms with E-state index in [0.29, 0.717) is 0 Å². The molecule has 1 aromatic heterocycles. The second kappa shape index (κ2) is 3.68. The highest BCUT2D eigenvalue weighted by Gasteiger charge is 2.22. The SMILES string of the molecule is CN1c2ccccc2Sc2c(Cl)ccnc21. The van der Waals surface area contributed by atoms with Gasteiger partial charge in [-0.25, -0.2) is 4.98 Å². The van der Waals surface area contributed by atoms with Gasteiger partial charge in [0.15, 0.2) is 0 Å². The second-order valence-corrected chi connectivity index (χ2v) is 5.03. The first kappa shape index (κ1) is 10.00. The molecule has 1 aromatic carbocycles. The third-order valence-electron chi connectivity index (χ3n) is 2.59. The smallest absolute Gasteiger partial charge is 0.148 e. The van der Waals surface area contributed by atoms with Crippen LogP contribution in [0.15, 0.2) is 46.3 Å². The summed E-state index contributed by atoms with van der Waals surface area (Å²) in [6.45, 7) is 0. The molecule has 0 N–H and O–H groups in total. The zero-order valence-corrected chi connectivity index (χ0v) is 10.2. The first-order chi connectivity index (χ1) is 7.77. The predicted molar refractivity (Wildman–Crippen MR) is 67.9 cm³/mol. The van der Waals surface area contributed by atoms with E-state index in [0.717, 1.165) is 15.7 Å². The van der Waals surface area contributed by atoms with Crippen LogP contribution in [-0.4, -0.2) is 12.0 Å². The maximum absolute atomic E-state index is 6.19. The van der Waals surface area contributed by atoms with E-state index in [9.17, 15) is 0 Å². The summed E-state index contributed by atoms with van der Waals surface area (Å²) in [4.78, 5) is 8.71. The zero-order chi connectivity index (χ0) is 11.1. The molecule has 4 heteroatoms. The summed E-state index contributed by atoms with van der Waals surface area (Å²) >= 11 is 7.86. The van der Waals surface area contributed by atoms with E-state index >= 15 is 0 Å². The third-order valence-corrected chi connectivity index (χ3v) is 4.19. The van der Waals surface area contributed by atoms with Gasteiger partial charge < -0.3 is 4.90 Å². The van der Waals surface area contributed by atoms with E-state index in [1.807, 2.05) is 25.2 Å². The fourth-order valence-corrected chi connectivity index (χ4v) is 3.17. The average molecular weight is 249 g/mol. The molecule has 16 heavy (non-hydrogen) atoms. The Kier molecular flexibility index (Phi) is 2.30. The lowest BCUT2D eigenvalue weighted by Crippen LogP contribution is -2.16. The van der Waals surface area contributed by atoms with E-state index in [1.54, 1.807) is 18.0 Å². The fraction of sp³-hybridized carbons (Fsp3) is 0.0833. The van der Waals surface area contributed by atoms with Gasteiger partial charge in [-0.2, -0.15) is 0 Å². The standard InChI is InChI=1S/C12H9ClN2S/c1-15-9-4-2-3-5-10(9)16-11-8(13)6-7-14-12(11)15/h2-7H,1H3. The Labute approximate surface area is 103 Å². The van der Waals surface area contributed by atoms with Gasteiger partial charge in [0.25, 0.3) is 0 Å². The molecule has 0 fully saturated rings. The molecular formula is C12H9ClN2S. The Morgan fingerprint density at radius 2 is 2.06 bits per heavy atom. The minimum atomic E-state index is 0.761. The molecule has 0 spiro atoms. The van der Waals surface area contributed by atoms with Crippen LogP contribution < -0.4 is 4.90 Å². The molecule has 2 nitrogen and oxygen atoms in total. The molecule has 0 bridgehead atoms. The van der Waals surface area contributed by atoms with Gasteiger partial charge >= 0.3 is 0 Å². The molecule has 3 rings (SSSR count). The lowest BCUT2D eigenvalue weighted by Gasteiger charge is -2.28. The minimum Gasteiger partial charge on any atom is -0.327 e. The van der Waals surface area contributed by atoms with Gasteiger partial charge in [-0.3, -0.25) is 0 Å². The highest BCUT2D eigenvalue weighted by Crippen LogP contribution is 2.48. The van der Waals surface area contributed by atoms with Crippen LogP contribution in [-0.2, 0) is 0 Å². The molecule has 0 unspecified atom stereocenters. The molecule has 1 aliphatic rings. The number of hydrogen-bond donors (Lipinski definition) is 0. The van der Waals surface area contributed by atoms with E-state index in [-0.39, 0.29) is 0 Å². The van der Waals surface area contributed by atoms with Gasteiger partial charge in [0.05, 0.1) is 15.6 Å². The number of nitrogens with zero attached hydrogens (tertiary/aromatic N) is 2. The lowest BCUT2D eigenvalue weighted by molar-refractivity contribution is 1.04. The number of anilines is 2. The van der Waals surface area contributed by atoms with Gasteiger partial charge in [-0.1, -0.05) is 35.5 Å². The summed E-state index contributed by atoms with van der Waals surface area (Å²) in [6.07, 6.45) is 1.74. The Balaban J connectivity index is 2.22. The summed E-state index contributed by atoms with van der Waals surface area (Å²) in [7, 11) is 2.01. The normalized spacial score (nSPS) is 13.2. The highest BCUT2D eigenvalue weighted by atomic mass is 35.5. The van der Waals surface area contributed by atoms with Crippen molar-refractivity contribution in [2.75, 3.05) is 11.9 Å². The molecule has 2 heterocycles. The van der Waals surface area contributed by atoms with Gasteiger partial charge in [-0.15, -0.1) is 0 Å². The van der Waals surface area contributed by atoms with Gasteiger partial charge in [0, 0.05) is 18.1 Å². The zero-order valence-electron chi connectivity index (χ0n) is 8.64. The number of pyridine rings is 1. The predicted octanol–water partition coefficient (Wildman–Crippen LogP) is 3.97. The number of halogens is 1. The second-order valence-electron chi connectivity index (χ2n) is 3.57. The van der Waals surface area contributed by atoms with Crippen molar-refractivity contribution < 1.29 is 0 Å². The highest BCUT2D eigenvalue weighted by molar-refractivity contribution is 7.99. The minimum absolute atomic E-state index is 0.761. The van der Waals surface area contributed by atoms with Crippen LogP contribution in [0.5, 0.6) is 0 Å². The number of fused-ring (bicyclic) bond motifs is 2. The first-order valence-corrected chi connectivity index (χ1v) is 6.12. The number of benzene rings is 1. The Morgan fingerprint density at radius 1 is 1.25 bits per heavy atom. The van der Waals surface area contributed by atoms with E-state index in [2.05, 4.69) is 22.0 Å². The summed E-state index contributed by atoms with van der Waals surface area (Å²) in [5, 5.41) is 0.761. The van der Waals surface area contributed by atoms with Crippen molar-refractivity contribution in [3.8, 4) is 0 Å². The van der Waals surface area contributed by atoms with Crippen molar-refractivity contribution in [1.82, 2.24) is 4.98 Å². The van der Waals surface area contributed by atoms with Crippen molar-refractivity contribution in [2.24, 2.45) is 0 Å². The van der Waals surface area contributed by atoms with Crippen molar-refractivity contribution >= 4 is 34.9 Å². The molecule has 1 aliphatic heterocycles. The fourth-order valence-electron chi connectivity index (χ4n) is 1.79. The van der Waals surface area contributed by atoms with Crippen LogP contribution in [0.1, 0.15) is 0 Å². The van der Waals surface area contributed by atoms with E-state index < -0.39 is 0 Å². The Bertz CT molecular complexity index is 556.